The summed E-state index contributed by atoms with van der Waals surface area (Å²) in [5.74, 6) is 0.885. The van der Waals surface area contributed by atoms with Gasteiger partial charge in [0.1, 0.15) is 11.9 Å². The number of hydrogen-bond acceptors (Lipinski definition) is 3. The number of likely N-dealkylation sites (N-methyl/N-ethyl adjacent to an activating group) is 1. The van der Waals surface area contributed by atoms with E-state index in [1.165, 1.54) is 17.7 Å². The molecule has 0 aliphatic heterocycles. The molecule has 2 amide bonds. The molecule has 1 N–H and O–H groups in total. The second-order valence-electron chi connectivity index (χ2n) is 8.04. The zero-order valence-electron chi connectivity index (χ0n) is 19.5. The summed E-state index contributed by atoms with van der Waals surface area (Å²) < 4.78 is 13.5. The van der Waals surface area contributed by atoms with Crippen LogP contribution in [0.15, 0.2) is 84.9 Å². The first-order chi connectivity index (χ1) is 16.6. The molecule has 3 aromatic carbocycles. The molecule has 0 fully saturated rings. The highest BCUT2D eigenvalue weighted by molar-refractivity contribution is 7.98. The minimum absolute atomic E-state index is 0.0860. The molecule has 0 unspecified atom stereocenters. The topological polar surface area (TPSA) is 49.4 Å². The van der Waals surface area contributed by atoms with Crippen molar-refractivity contribution in [1.29, 1.82) is 0 Å². The molecule has 1 atom stereocenters. The van der Waals surface area contributed by atoms with Crippen molar-refractivity contribution in [3.63, 3.8) is 0 Å². The number of amides is 2. The van der Waals surface area contributed by atoms with Gasteiger partial charge in [0.25, 0.3) is 0 Å². The van der Waals surface area contributed by atoms with Gasteiger partial charge in [-0.05, 0) is 35.7 Å². The highest BCUT2D eigenvalue weighted by atomic mass is 32.2. The number of nitrogens with zero attached hydrogens (tertiary/aromatic N) is 1. The third-order valence-electron chi connectivity index (χ3n) is 5.46. The van der Waals surface area contributed by atoms with Crippen LogP contribution in [0.1, 0.15) is 30.0 Å². The maximum absolute atomic E-state index is 13.5. The predicted molar refractivity (Wildman–Crippen MR) is 137 cm³/mol. The Morgan fingerprint density at radius 2 is 1.50 bits per heavy atom. The summed E-state index contributed by atoms with van der Waals surface area (Å²) in [5.41, 5.74) is 2.98. The summed E-state index contributed by atoms with van der Waals surface area (Å²) in [4.78, 5) is 28.2. The normalized spacial score (nSPS) is 11.6. The largest absolute Gasteiger partial charge is 0.355 e. The van der Waals surface area contributed by atoms with Crippen LogP contribution in [-0.4, -0.2) is 35.1 Å². The van der Waals surface area contributed by atoms with Crippen LogP contribution < -0.4 is 5.32 Å². The Bertz CT molecular complexity index is 1030. The van der Waals surface area contributed by atoms with Crippen molar-refractivity contribution in [3.05, 3.63) is 107 Å². The summed E-state index contributed by atoms with van der Waals surface area (Å²) in [5, 5.41) is 2.89. The number of halogens is 1. The van der Waals surface area contributed by atoms with E-state index in [-0.39, 0.29) is 24.2 Å². The van der Waals surface area contributed by atoms with Crippen LogP contribution in [-0.2, 0) is 28.3 Å². The molecule has 3 rings (SSSR count). The lowest BCUT2D eigenvalue weighted by Crippen LogP contribution is -2.50. The Morgan fingerprint density at radius 1 is 0.882 bits per heavy atom. The maximum Gasteiger partial charge on any atom is 0.243 e. The lowest BCUT2D eigenvalue weighted by molar-refractivity contribution is -0.140. The fourth-order valence-electron chi connectivity index (χ4n) is 3.70. The molecule has 178 valence electrons. The van der Waals surface area contributed by atoms with E-state index >= 15 is 0 Å². The molecule has 34 heavy (non-hydrogen) atoms. The molecule has 6 heteroatoms. The standard InChI is InChI=1S/C28H31FN2O2S/c1-2-30-28(33)26(19-22-9-5-3-6-10-22)31(20-23-13-15-25(29)16-14-23)27(32)17-18-34-21-24-11-7-4-8-12-24/h3-16,26H,2,17-21H2,1H3,(H,30,33)/t26-/m0/s1. The van der Waals surface area contributed by atoms with Crippen molar-refractivity contribution in [2.45, 2.75) is 38.1 Å². The number of benzene rings is 3. The minimum atomic E-state index is -0.654. The van der Waals surface area contributed by atoms with Gasteiger partial charge >= 0.3 is 0 Å². The molecular formula is C28H31FN2O2S. The number of thioether (sulfide) groups is 1. The average molecular weight is 479 g/mol. The second kappa shape index (κ2) is 13.6. The predicted octanol–water partition coefficient (Wildman–Crippen LogP) is 5.23. The minimum Gasteiger partial charge on any atom is -0.355 e. The van der Waals surface area contributed by atoms with E-state index in [1.54, 1.807) is 28.8 Å². The van der Waals surface area contributed by atoms with Gasteiger partial charge in [-0.2, -0.15) is 11.8 Å². The number of carbonyl (C=O) groups excluding carboxylic acids is 2. The molecule has 0 aliphatic carbocycles. The molecular weight excluding hydrogens is 447 g/mol. The van der Waals surface area contributed by atoms with Crippen LogP contribution in [0.2, 0.25) is 0 Å². The second-order valence-corrected chi connectivity index (χ2v) is 9.14. The summed E-state index contributed by atoms with van der Waals surface area (Å²) in [6.07, 6.45) is 0.736. The van der Waals surface area contributed by atoms with Gasteiger partial charge in [-0.25, -0.2) is 4.39 Å². The Kier molecular flexibility index (Phi) is 10.2. The molecule has 0 heterocycles. The summed E-state index contributed by atoms with van der Waals surface area (Å²) >= 11 is 1.70. The van der Waals surface area contributed by atoms with E-state index in [4.69, 9.17) is 0 Å². The van der Waals surface area contributed by atoms with E-state index in [0.717, 1.165) is 16.9 Å². The number of rotatable bonds is 12. The van der Waals surface area contributed by atoms with Gasteiger partial charge in [0.15, 0.2) is 0 Å². The highest BCUT2D eigenvalue weighted by Crippen LogP contribution is 2.18. The average Bonchev–Trinajstić information content (AvgIpc) is 2.86. The number of carbonyl (C=O) groups is 2. The SMILES string of the molecule is CCNC(=O)[C@H](Cc1ccccc1)N(Cc1ccc(F)cc1)C(=O)CCSCc1ccccc1. The third-order valence-corrected chi connectivity index (χ3v) is 6.49. The highest BCUT2D eigenvalue weighted by Gasteiger charge is 2.29. The Morgan fingerprint density at radius 3 is 2.12 bits per heavy atom. The van der Waals surface area contributed by atoms with Gasteiger partial charge in [0.05, 0.1) is 0 Å². The lowest BCUT2D eigenvalue weighted by atomic mass is 10.0. The fourth-order valence-corrected chi connectivity index (χ4v) is 4.59. The van der Waals surface area contributed by atoms with Crippen LogP contribution in [0.3, 0.4) is 0 Å². The van der Waals surface area contributed by atoms with Crippen LogP contribution in [0.5, 0.6) is 0 Å². The van der Waals surface area contributed by atoms with Crippen molar-refractivity contribution in [2.24, 2.45) is 0 Å². The van der Waals surface area contributed by atoms with E-state index in [9.17, 15) is 14.0 Å². The molecule has 0 aromatic heterocycles. The van der Waals surface area contributed by atoms with Crippen molar-refractivity contribution in [2.75, 3.05) is 12.3 Å². The first kappa shape index (κ1) is 25.5. The van der Waals surface area contributed by atoms with E-state index < -0.39 is 6.04 Å². The van der Waals surface area contributed by atoms with Gasteiger partial charge in [0.2, 0.25) is 11.8 Å². The van der Waals surface area contributed by atoms with E-state index in [1.807, 2.05) is 55.5 Å². The van der Waals surface area contributed by atoms with Gasteiger partial charge in [-0.15, -0.1) is 0 Å². The number of nitrogens with one attached hydrogen (secondary N) is 1. The molecule has 0 bridgehead atoms. The summed E-state index contributed by atoms with van der Waals surface area (Å²) in [6.45, 7) is 2.59. The molecule has 0 spiro atoms. The Labute approximate surface area is 205 Å². The smallest absolute Gasteiger partial charge is 0.243 e. The summed E-state index contributed by atoms with van der Waals surface area (Å²) in [7, 11) is 0. The van der Waals surface area contributed by atoms with E-state index in [2.05, 4.69) is 17.4 Å². The van der Waals surface area contributed by atoms with Crippen LogP contribution in [0.25, 0.3) is 0 Å². The summed E-state index contributed by atoms with van der Waals surface area (Å²) in [6, 6.07) is 25.3. The van der Waals surface area contributed by atoms with Crippen LogP contribution in [0.4, 0.5) is 4.39 Å². The zero-order chi connectivity index (χ0) is 24.2. The van der Waals surface area contributed by atoms with Crippen molar-refractivity contribution in [3.8, 4) is 0 Å². The Balaban J connectivity index is 1.76. The van der Waals surface area contributed by atoms with Crippen molar-refractivity contribution in [1.82, 2.24) is 10.2 Å². The van der Waals surface area contributed by atoms with Gasteiger partial charge < -0.3 is 10.2 Å². The lowest BCUT2D eigenvalue weighted by Gasteiger charge is -2.31. The molecule has 3 aromatic rings. The number of hydrogen-bond donors (Lipinski definition) is 1. The molecule has 0 saturated carbocycles. The van der Waals surface area contributed by atoms with Crippen molar-refractivity contribution >= 4 is 23.6 Å². The molecule has 0 radical (unpaired) electrons. The quantitative estimate of drug-likeness (QED) is 0.363. The first-order valence-electron chi connectivity index (χ1n) is 11.5. The van der Waals surface area contributed by atoms with Gasteiger partial charge in [-0.1, -0.05) is 72.8 Å². The van der Waals surface area contributed by atoms with Gasteiger partial charge in [-0.3, -0.25) is 9.59 Å². The monoisotopic (exact) mass is 478 g/mol. The molecule has 4 nitrogen and oxygen atoms in total. The van der Waals surface area contributed by atoms with Crippen LogP contribution in [0, 0.1) is 5.82 Å². The third kappa shape index (κ3) is 8.03. The first-order valence-corrected chi connectivity index (χ1v) is 12.7. The maximum atomic E-state index is 13.5. The molecule has 0 aliphatic rings. The van der Waals surface area contributed by atoms with Crippen LogP contribution >= 0.6 is 11.8 Å². The molecule has 0 saturated heterocycles. The fraction of sp³-hybridized carbons (Fsp3) is 0.286. The zero-order valence-corrected chi connectivity index (χ0v) is 20.3. The Hall–Kier alpha value is -3.12. The van der Waals surface area contributed by atoms with E-state index in [0.29, 0.717) is 25.1 Å². The van der Waals surface area contributed by atoms with Gasteiger partial charge in [0, 0.05) is 37.4 Å². The van der Waals surface area contributed by atoms with Crippen molar-refractivity contribution < 1.29 is 14.0 Å².